The number of hydrogen-bond acceptors (Lipinski definition) is 4. The smallest absolute Gasteiger partial charge is 0.359 e. The number of aromatic nitrogens is 1. The van der Waals surface area contributed by atoms with Gasteiger partial charge in [-0.15, -0.1) is 0 Å². The third-order valence-corrected chi connectivity index (χ3v) is 3.66. The molecule has 5 nitrogen and oxygen atoms in total. The second-order valence-electron chi connectivity index (χ2n) is 4.98. The van der Waals surface area contributed by atoms with Gasteiger partial charge >= 0.3 is 5.97 Å². The molecule has 126 valence electrons. The van der Waals surface area contributed by atoms with E-state index in [4.69, 9.17) is 27.9 Å². The molecule has 2 aromatic rings. The van der Waals surface area contributed by atoms with Crippen LogP contribution >= 0.6 is 23.2 Å². The predicted octanol–water partition coefficient (Wildman–Crippen LogP) is 3.29. The van der Waals surface area contributed by atoms with Crippen LogP contribution in [-0.4, -0.2) is 30.0 Å². The van der Waals surface area contributed by atoms with Gasteiger partial charge in [-0.05, 0) is 30.5 Å². The monoisotopic (exact) mass is 366 g/mol. The molecular weight excluding hydrogens is 351 g/mol. The summed E-state index contributed by atoms with van der Waals surface area (Å²) >= 11 is 11.5. The Labute approximate surface area is 149 Å². The third kappa shape index (κ3) is 5.83. The predicted molar refractivity (Wildman–Crippen MR) is 92.3 cm³/mol. The molecule has 1 amide bonds. The van der Waals surface area contributed by atoms with Crippen LogP contribution in [0.5, 0.6) is 0 Å². The molecule has 0 saturated carbocycles. The van der Waals surface area contributed by atoms with Crippen molar-refractivity contribution >= 4 is 35.1 Å². The summed E-state index contributed by atoms with van der Waals surface area (Å²) < 4.78 is 4.88. The third-order valence-electron chi connectivity index (χ3n) is 3.15. The van der Waals surface area contributed by atoms with Crippen molar-refractivity contribution in [1.29, 1.82) is 0 Å². The van der Waals surface area contributed by atoms with Crippen LogP contribution in [0.3, 0.4) is 0 Å². The summed E-state index contributed by atoms with van der Waals surface area (Å²) in [4.78, 5) is 27.3. The zero-order chi connectivity index (χ0) is 17.4. The SMILES string of the molecule is O=C(COC(=O)c1nc(Cl)ccc1Cl)NCCCc1ccccc1. The number of nitrogens with one attached hydrogen (secondary N) is 1. The molecule has 7 heteroatoms. The first-order valence-corrected chi connectivity index (χ1v) is 8.11. The summed E-state index contributed by atoms with van der Waals surface area (Å²) in [6.07, 6.45) is 1.66. The minimum Gasteiger partial charge on any atom is -0.451 e. The standard InChI is InChI=1S/C17H16Cl2N2O3/c18-13-8-9-14(19)21-16(13)17(23)24-11-15(22)20-10-4-7-12-5-2-1-3-6-12/h1-3,5-6,8-9H,4,7,10-11H2,(H,20,22). The van der Waals surface area contributed by atoms with E-state index in [1.54, 1.807) is 0 Å². The fourth-order valence-corrected chi connectivity index (χ4v) is 2.31. The summed E-state index contributed by atoms with van der Waals surface area (Å²) in [6, 6.07) is 12.9. The van der Waals surface area contributed by atoms with Crippen molar-refractivity contribution in [3.63, 3.8) is 0 Å². The Morgan fingerprint density at radius 1 is 1.08 bits per heavy atom. The number of amides is 1. The van der Waals surface area contributed by atoms with E-state index < -0.39 is 12.6 Å². The van der Waals surface area contributed by atoms with Crippen molar-refractivity contribution in [2.75, 3.05) is 13.2 Å². The number of carbonyl (C=O) groups is 2. The van der Waals surface area contributed by atoms with E-state index in [0.29, 0.717) is 6.54 Å². The number of benzene rings is 1. The second-order valence-corrected chi connectivity index (χ2v) is 5.77. The number of hydrogen-bond donors (Lipinski definition) is 1. The van der Waals surface area contributed by atoms with Crippen molar-refractivity contribution in [2.45, 2.75) is 12.8 Å². The van der Waals surface area contributed by atoms with E-state index in [1.807, 2.05) is 30.3 Å². The molecule has 1 N–H and O–H groups in total. The lowest BCUT2D eigenvalue weighted by Gasteiger charge is -2.07. The minimum atomic E-state index is -0.790. The number of carbonyl (C=O) groups excluding carboxylic acids is 2. The van der Waals surface area contributed by atoms with Gasteiger partial charge in [-0.25, -0.2) is 9.78 Å². The summed E-state index contributed by atoms with van der Waals surface area (Å²) in [5.41, 5.74) is 1.10. The fourth-order valence-electron chi connectivity index (χ4n) is 1.98. The number of pyridine rings is 1. The lowest BCUT2D eigenvalue weighted by Crippen LogP contribution is -2.30. The van der Waals surface area contributed by atoms with E-state index >= 15 is 0 Å². The Morgan fingerprint density at radius 2 is 1.83 bits per heavy atom. The first kappa shape index (κ1) is 18.2. The van der Waals surface area contributed by atoms with Crippen LogP contribution in [0.4, 0.5) is 0 Å². The van der Waals surface area contributed by atoms with Crippen LogP contribution in [0.15, 0.2) is 42.5 Å². The van der Waals surface area contributed by atoms with Crippen molar-refractivity contribution in [3.05, 3.63) is 63.9 Å². The van der Waals surface area contributed by atoms with E-state index in [-0.39, 0.29) is 21.8 Å². The molecule has 0 bridgehead atoms. The van der Waals surface area contributed by atoms with Gasteiger partial charge in [0.05, 0.1) is 5.02 Å². The highest BCUT2D eigenvalue weighted by Crippen LogP contribution is 2.17. The Hall–Kier alpha value is -2.11. The lowest BCUT2D eigenvalue weighted by atomic mass is 10.1. The van der Waals surface area contributed by atoms with Crippen LogP contribution in [0.25, 0.3) is 0 Å². The normalized spacial score (nSPS) is 10.2. The molecule has 0 saturated heterocycles. The Bertz CT molecular complexity index is 708. The lowest BCUT2D eigenvalue weighted by molar-refractivity contribution is -0.124. The fraction of sp³-hybridized carbons (Fsp3) is 0.235. The summed E-state index contributed by atoms with van der Waals surface area (Å²) in [7, 11) is 0. The molecule has 0 atom stereocenters. The maximum atomic E-state index is 11.8. The quantitative estimate of drug-likeness (QED) is 0.463. The molecule has 1 heterocycles. The average molecular weight is 367 g/mol. The molecule has 1 aromatic heterocycles. The summed E-state index contributed by atoms with van der Waals surface area (Å²) in [5.74, 6) is -1.17. The van der Waals surface area contributed by atoms with Crippen LogP contribution in [0.1, 0.15) is 22.5 Å². The van der Waals surface area contributed by atoms with Crippen molar-refractivity contribution in [3.8, 4) is 0 Å². The summed E-state index contributed by atoms with van der Waals surface area (Å²) in [6.45, 7) is 0.107. The van der Waals surface area contributed by atoms with Gasteiger partial charge in [-0.2, -0.15) is 0 Å². The maximum Gasteiger partial charge on any atom is 0.359 e. The van der Waals surface area contributed by atoms with Gasteiger partial charge in [-0.3, -0.25) is 4.79 Å². The molecule has 24 heavy (non-hydrogen) atoms. The second kappa shape index (κ2) is 9.25. The van der Waals surface area contributed by atoms with Gasteiger partial charge in [0.2, 0.25) is 0 Å². The number of halogens is 2. The number of ether oxygens (including phenoxy) is 1. The molecule has 0 aliphatic carbocycles. The van der Waals surface area contributed by atoms with Crippen LogP contribution in [0.2, 0.25) is 10.2 Å². The number of esters is 1. The Morgan fingerprint density at radius 3 is 2.58 bits per heavy atom. The average Bonchev–Trinajstić information content (AvgIpc) is 2.59. The topological polar surface area (TPSA) is 68.3 Å². The van der Waals surface area contributed by atoms with Crippen LogP contribution in [0, 0.1) is 0 Å². The number of nitrogens with zero attached hydrogens (tertiary/aromatic N) is 1. The largest absolute Gasteiger partial charge is 0.451 e. The van der Waals surface area contributed by atoms with Gasteiger partial charge in [0, 0.05) is 6.54 Å². The van der Waals surface area contributed by atoms with E-state index in [1.165, 1.54) is 17.7 Å². The molecule has 0 aliphatic rings. The van der Waals surface area contributed by atoms with E-state index in [9.17, 15) is 9.59 Å². The molecule has 0 spiro atoms. The first-order valence-electron chi connectivity index (χ1n) is 7.36. The highest BCUT2D eigenvalue weighted by Gasteiger charge is 2.15. The zero-order valence-corrected chi connectivity index (χ0v) is 14.3. The van der Waals surface area contributed by atoms with Gasteiger partial charge < -0.3 is 10.1 Å². The van der Waals surface area contributed by atoms with E-state index in [2.05, 4.69) is 10.3 Å². The molecule has 0 aliphatic heterocycles. The highest BCUT2D eigenvalue weighted by atomic mass is 35.5. The molecule has 2 rings (SSSR count). The maximum absolute atomic E-state index is 11.8. The van der Waals surface area contributed by atoms with Crippen molar-refractivity contribution < 1.29 is 14.3 Å². The minimum absolute atomic E-state index is 0.110. The Balaban J connectivity index is 1.69. The number of rotatable bonds is 7. The van der Waals surface area contributed by atoms with E-state index in [0.717, 1.165) is 12.8 Å². The summed E-state index contributed by atoms with van der Waals surface area (Å²) in [5, 5.41) is 2.93. The van der Waals surface area contributed by atoms with Crippen LogP contribution in [-0.2, 0) is 16.0 Å². The van der Waals surface area contributed by atoms with Crippen molar-refractivity contribution in [2.24, 2.45) is 0 Å². The van der Waals surface area contributed by atoms with Crippen molar-refractivity contribution in [1.82, 2.24) is 10.3 Å². The number of aryl methyl sites for hydroxylation is 1. The molecule has 0 radical (unpaired) electrons. The van der Waals surface area contributed by atoms with Gasteiger partial charge in [0.25, 0.3) is 5.91 Å². The first-order chi connectivity index (χ1) is 11.6. The van der Waals surface area contributed by atoms with Gasteiger partial charge in [0.1, 0.15) is 5.15 Å². The van der Waals surface area contributed by atoms with Gasteiger partial charge in [0.15, 0.2) is 12.3 Å². The highest BCUT2D eigenvalue weighted by molar-refractivity contribution is 6.34. The molecule has 1 aromatic carbocycles. The molecule has 0 fully saturated rings. The van der Waals surface area contributed by atoms with Crippen LogP contribution < -0.4 is 5.32 Å². The Kier molecular flexibility index (Phi) is 7.03. The molecular formula is C17H16Cl2N2O3. The molecule has 0 unspecified atom stereocenters. The zero-order valence-electron chi connectivity index (χ0n) is 12.8. The van der Waals surface area contributed by atoms with Gasteiger partial charge in [-0.1, -0.05) is 53.5 Å².